The Morgan fingerprint density at radius 3 is 2.31 bits per heavy atom. The fourth-order valence-electron chi connectivity index (χ4n) is 4.65. The van der Waals surface area contributed by atoms with Crippen LogP contribution in [-0.4, -0.2) is 20.1 Å². The summed E-state index contributed by atoms with van der Waals surface area (Å²) < 4.78 is 27.8. The lowest BCUT2D eigenvalue weighted by Crippen LogP contribution is -2.15. The van der Waals surface area contributed by atoms with E-state index in [4.69, 9.17) is 0 Å². The van der Waals surface area contributed by atoms with E-state index < -0.39 is 19.0 Å². The van der Waals surface area contributed by atoms with Crippen LogP contribution in [0.2, 0.25) is 0 Å². The number of Topliss-reactive ketones (excluding diaryl/α,β-unsaturated/α-hetero) is 1. The van der Waals surface area contributed by atoms with Crippen LogP contribution in [0.3, 0.4) is 0 Å². The normalized spacial score (nSPS) is 12.8. The first-order valence-electron chi connectivity index (χ1n) is 11.1. The molecule has 0 saturated carbocycles. The largest absolute Gasteiger partial charge is 0.350 e. The van der Waals surface area contributed by atoms with Crippen molar-refractivity contribution in [2.24, 2.45) is 7.05 Å². The highest BCUT2D eigenvalue weighted by atomic mass is 31.2. The van der Waals surface area contributed by atoms with E-state index in [1.165, 1.54) is 12.1 Å². The molecule has 0 saturated heterocycles. The van der Waals surface area contributed by atoms with Gasteiger partial charge in [0.15, 0.2) is 5.78 Å². The van der Waals surface area contributed by atoms with Gasteiger partial charge in [0.05, 0.1) is 0 Å². The third-order valence-electron chi connectivity index (χ3n) is 6.33. The van der Waals surface area contributed by atoms with Crippen molar-refractivity contribution in [1.29, 1.82) is 0 Å². The third-order valence-corrected chi connectivity index (χ3v) is 7.56. The molecule has 0 fully saturated rings. The standard InChI is InChI=1S/C28H23FNO4P/c1-30-17-25(24-16-22(10-13-26(24)30)20-8-11-23(29)12-9-20)28(35(32,33)34)27(31)15-18-6-7-19-4-2-3-5-21(19)14-18/h2-14,16-17,28H,15H2,1H3,(H2,32,33,34). The Morgan fingerprint density at radius 1 is 0.914 bits per heavy atom. The van der Waals surface area contributed by atoms with Crippen LogP contribution in [0.15, 0.2) is 91.1 Å². The lowest BCUT2D eigenvalue weighted by molar-refractivity contribution is -0.118. The number of carbonyl (C=O) groups excluding carboxylic acids is 1. The summed E-state index contributed by atoms with van der Waals surface area (Å²) in [6.45, 7) is 0. The van der Waals surface area contributed by atoms with E-state index in [1.54, 1.807) is 36.0 Å². The zero-order chi connectivity index (χ0) is 24.7. The van der Waals surface area contributed by atoms with E-state index >= 15 is 0 Å². The highest BCUT2D eigenvalue weighted by Gasteiger charge is 2.38. The Morgan fingerprint density at radius 2 is 1.60 bits per heavy atom. The van der Waals surface area contributed by atoms with Crippen molar-refractivity contribution in [3.8, 4) is 11.1 Å². The predicted molar refractivity (Wildman–Crippen MR) is 136 cm³/mol. The predicted octanol–water partition coefficient (Wildman–Crippen LogP) is 6.17. The molecule has 0 spiro atoms. The lowest BCUT2D eigenvalue weighted by atomic mass is 9.98. The number of halogens is 1. The van der Waals surface area contributed by atoms with Crippen molar-refractivity contribution in [1.82, 2.24) is 4.57 Å². The van der Waals surface area contributed by atoms with Crippen LogP contribution in [0, 0.1) is 5.82 Å². The highest BCUT2D eigenvalue weighted by Crippen LogP contribution is 2.54. The smallest absolute Gasteiger partial charge is 0.340 e. The molecule has 1 aromatic heterocycles. The van der Waals surface area contributed by atoms with Gasteiger partial charge in [0.2, 0.25) is 0 Å². The minimum absolute atomic E-state index is 0.103. The van der Waals surface area contributed by atoms with Gasteiger partial charge in [-0.1, -0.05) is 60.7 Å². The number of hydrogen-bond acceptors (Lipinski definition) is 2. The summed E-state index contributed by atoms with van der Waals surface area (Å²) in [4.78, 5) is 34.0. The fraction of sp³-hybridized carbons (Fsp3) is 0.107. The summed E-state index contributed by atoms with van der Waals surface area (Å²) in [5, 5.41) is 2.56. The second-order valence-corrected chi connectivity index (χ2v) is 10.4. The average molecular weight is 487 g/mol. The second-order valence-electron chi connectivity index (χ2n) is 8.75. The van der Waals surface area contributed by atoms with Crippen LogP contribution in [0.1, 0.15) is 16.8 Å². The van der Waals surface area contributed by atoms with E-state index in [0.29, 0.717) is 10.9 Å². The molecule has 5 rings (SSSR count). The van der Waals surface area contributed by atoms with Gasteiger partial charge in [0.25, 0.3) is 0 Å². The number of aryl methyl sites for hydroxylation is 1. The number of rotatable bonds is 6. The Kier molecular flexibility index (Phi) is 5.89. The summed E-state index contributed by atoms with van der Waals surface area (Å²) >= 11 is 0. The van der Waals surface area contributed by atoms with Crippen molar-refractivity contribution in [2.75, 3.05) is 0 Å². The fourth-order valence-corrected chi connectivity index (χ4v) is 5.69. The molecular formula is C28H23FNO4P. The molecule has 1 atom stereocenters. The molecule has 0 aliphatic heterocycles. The molecule has 5 aromatic rings. The molecule has 0 aliphatic carbocycles. The zero-order valence-electron chi connectivity index (χ0n) is 18.9. The topological polar surface area (TPSA) is 79.5 Å². The molecule has 5 nitrogen and oxygen atoms in total. The van der Waals surface area contributed by atoms with E-state index in [-0.39, 0.29) is 17.8 Å². The first kappa shape index (κ1) is 23.2. The first-order chi connectivity index (χ1) is 16.7. The van der Waals surface area contributed by atoms with E-state index in [1.807, 2.05) is 54.6 Å². The van der Waals surface area contributed by atoms with E-state index in [9.17, 15) is 23.5 Å². The number of carbonyl (C=O) groups is 1. The second kappa shape index (κ2) is 8.90. The molecule has 1 heterocycles. The van der Waals surface area contributed by atoms with Crippen LogP contribution in [-0.2, 0) is 22.8 Å². The Hall–Kier alpha value is -3.57. The van der Waals surface area contributed by atoms with Gasteiger partial charge in [-0.2, -0.15) is 0 Å². The average Bonchev–Trinajstić information content (AvgIpc) is 3.13. The summed E-state index contributed by atoms with van der Waals surface area (Å²) in [5.74, 6) is -0.899. The third kappa shape index (κ3) is 4.56. The summed E-state index contributed by atoms with van der Waals surface area (Å²) in [7, 11) is -3.06. The van der Waals surface area contributed by atoms with Gasteiger partial charge in [0, 0.05) is 36.1 Å². The molecule has 7 heteroatoms. The molecule has 0 bridgehead atoms. The number of aromatic nitrogens is 1. The Labute approximate surface area is 201 Å². The maximum absolute atomic E-state index is 13.4. The molecular weight excluding hydrogens is 464 g/mol. The van der Waals surface area contributed by atoms with Crippen molar-refractivity contribution < 1.29 is 23.5 Å². The van der Waals surface area contributed by atoms with Crippen molar-refractivity contribution in [3.05, 3.63) is 108 Å². The number of fused-ring (bicyclic) bond motifs is 2. The van der Waals surface area contributed by atoms with Gasteiger partial charge >= 0.3 is 7.60 Å². The summed E-state index contributed by atoms with van der Waals surface area (Å²) in [6.07, 6.45) is 1.51. The molecule has 0 radical (unpaired) electrons. The first-order valence-corrected chi connectivity index (χ1v) is 12.8. The van der Waals surface area contributed by atoms with Crippen LogP contribution in [0.4, 0.5) is 4.39 Å². The monoisotopic (exact) mass is 487 g/mol. The number of benzene rings is 4. The molecule has 35 heavy (non-hydrogen) atoms. The SMILES string of the molecule is Cn1cc(C(C(=O)Cc2ccc3ccccc3c2)P(=O)(O)O)c2cc(-c3ccc(F)cc3)ccc21. The van der Waals surface area contributed by atoms with E-state index in [2.05, 4.69) is 0 Å². The van der Waals surface area contributed by atoms with Crippen LogP contribution < -0.4 is 0 Å². The van der Waals surface area contributed by atoms with Gasteiger partial charge in [-0.25, -0.2) is 4.39 Å². The lowest BCUT2D eigenvalue weighted by Gasteiger charge is -2.17. The van der Waals surface area contributed by atoms with Crippen molar-refractivity contribution in [2.45, 2.75) is 12.1 Å². The maximum atomic E-state index is 13.4. The Bertz CT molecular complexity index is 1620. The molecule has 1 unspecified atom stereocenters. The maximum Gasteiger partial charge on any atom is 0.340 e. The van der Waals surface area contributed by atoms with Crippen molar-refractivity contribution in [3.63, 3.8) is 0 Å². The molecule has 0 aliphatic rings. The van der Waals surface area contributed by atoms with Gasteiger partial charge < -0.3 is 14.4 Å². The van der Waals surface area contributed by atoms with Crippen LogP contribution in [0.5, 0.6) is 0 Å². The summed E-state index contributed by atoms with van der Waals surface area (Å²) in [5.41, 5.74) is 1.64. The van der Waals surface area contributed by atoms with Gasteiger partial charge in [-0.05, 0) is 51.7 Å². The zero-order valence-corrected chi connectivity index (χ0v) is 19.8. The van der Waals surface area contributed by atoms with E-state index in [0.717, 1.165) is 27.4 Å². The minimum Gasteiger partial charge on any atom is -0.350 e. The molecule has 4 aromatic carbocycles. The molecule has 2 N–H and O–H groups in total. The minimum atomic E-state index is -4.84. The van der Waals surface area contributed by atoms with Gasteiger partial charge in [-0.3, -0.25) is 9.36 Å². The Balaban J connectivity index is 1.57. The number of nitrogens with zero attached hydrogens (tertiary/aromatic N) is 1. The van der Waals surface area contributed by atoms with Gasteiger partial charge in [0.1, 0.15) is 11.5 Å². The van der Waals surface area contributed by atoms with Crippen LogP contribution >= 0.6 is 7.60 Å². The number of hydrogen-bond donors (Lipinski definition) is 2. The summed E-state index contributed by atoms with van der Waals surface area (Å²) in [6, 6.07) is 24.8. The molecule has 176 valence electrons. The van der Waals surface area contributed by atoms with Crippen molar-refractivity contribution >= 4 is 35.1 Å². The van der Waals surface area contributed by atoms with Gasteiger partial charge in [-0.15, -0.1) is 0 Å². The highest BCUT2D eigenvalue weighted by molar-refractivity contribution is 7.53. The van der Waals surface area contributed by atoms with Crippen LogP contribution in [0.25, 0.3) is 32.8 Å². The number of ketones is 1. The molecule has 0 amide bonds. The quantitative estimate of drug-likeness (QED) is 0.281.